The predicted octanol–water partition coefficient (Wildman–Crippen LogP) is 3.42. The van der Waals surface area contributed by atoms with E-state index in [9.17, 15) is 0 Å². The van der Waals surface area contributed by atoms with Gasteiger partial charge in [0, 0.05) is 20.3 Å². The molecule has 0 unspecified atom stereocenters. The highest BCUT2D eigenvalue weighted by molar-refractivity contribution is 5.31. The summed E-state index contributed by atoms with van der Waals surface area (Å²) < 4.78 is 16.0. The van der Waals surface area contributed by atoms with Crippen molar-refractivity contribution < 1.29 is 14.2 Å². The first-order valence-corrected chi connectivity index (χ1v) is 6.84. The van der Waals surface area contributed by atoms with Gasteiger partial charge in [-0.2, -0.15) is 0 Å². The van der Waals surface area contributed by atoms with Crippen LogP contribution in [0.15, 0.2) is 24.3 Å². The normalized spacial score (nSPS) is 11.6. The summed E-state index contributed by atoms with van der Waals surface area (Å²) in [5.41, 5.74) is 1.50. The van der Waals surface area contributed by atoms with E-state index in [-0.39, 0.29) is 5.41 Å². The quantitative estimate of drug-likeness (QED) is 0.675. The number of rotatable bonds is 8. The number of hydrogen-bond donors (Lipinski definition) is 0. The monoisotopic (exact) mass is 266 g/mol. The molecule has 0 fully saturated rings. The second-order valence-electron chi connectivity index (χ2n) is 5.58. The van der Waals surface area contributed by atoms with E-state index < -0.39 is 0 Å². The molecule has 0 atom stereocenters. The van der Waals surface area contributed by atoms with Gasteiger partial charge in [0.05, 0.1) is 6.61 Å². The molecule has 19 heavy (non-hydrogen) atoms. The van der Waals surface area contributed by atoms with Crippen LogP contribution in [0.2, 0.25) is 0 Å². The molecule has 1 aromatic rings. The topological polar surface area (TPSA) is 27.7 Å². The van der Waals surface area contributed by atoms with E-state index in [1.807, 2.05) is 12.1 Å². The number of benzene rings is 1. The largest absolute Gasteiger partial charge is 0.491 e. The molecule has 0 aliphatic rings. The van der Waals surface area contributed by atoms with Crippen LogP contribution in [-0.2, 0) is 14.9 Å². The second-order valence-corrected chi connectivity index (χ2v) is 5.58. The van der Waals surface area contributed by atoms with Crippen LogP contribution in [0.3, 0.4) is 0 Å². The van der Waals surface area contributed by atoms with Gasteiger partial charge in [-0.05, 0) is 29.5 Å². The molecule has 0 N–H and O–H groups in total. The Morgan fingerprint density at radius 1 is 0.895 bits per heavy atom. The van der Waals surface area contributed by atoms with Gasteiger partial charge in [-0.25, -0.2) is 0 Å². The summed E-state index contributed by atoms with van der Waals surface area (Å²) in [6.45, 7) is 9.28. The fourth-order valence-electron chi connectivity index (χ4n) is 1.68. The average molecular weight is 266 g/mol. The van der Waals surface area contributed by atoms with E-state index in [2.05, 4.69) is 32.9 Å². The Balaban J connectivity index is 2.20. The van der Waals surface area contributed by atoms with Crippen LogP contribution in [0.5, 0.6) is 5.75 Å². The molecule has 0 radical (unpaired) electrons. The lowest BCUT2D eigenvalue weighted by atomic mass is 9.87. The molecule has 0 bridgehead atoms. The lowest BCUT2D eigenvalue weighted by Gasteiger charge is -2.19. The molecule has 0 amide bonds. The molecule has 0 aliphatic carbocycles. The van der Waals surface area contributed by atoms with E-state index in [1.165, 1.54) is 5.56 Å². The molecule has 0 saturated carbocycles. The minimum absolute atomic E-state index is 0.184. The fourth-order valence-corrected chi connectivity index (χ4v) is 1.68. The molecule has 1 rings (SSSR count). The third kappa shape index (κ3) is 6.60. The molecule has 0 aromatic heterocycles. The molecular weight excluding hydrogens is 240 g/mol. The highest BCUT2D eigenvalue weighted by atomic mass is 16.5. The van der Waals surface area contributed by atoms with Crippen LogP contribution in [0, 0.1) is 0 Å². The minimum Gasteiger partial charge on any atom is -0.491 e. The lowest BCUT2D eigenvalue weighted by molar-refractivity contribution is 0.0806. The SMILES string of the molecule is COCCCOCCOc1ccc(C(C)(C)C)cc1. The van der Waals surface area contributed by atoms with Crippen LogP contribution >= 0.6 is 0 Å². The molecule has 0 heterocycles. The molecule has 3 heteroatoms. The molecule has 0 saturated heterocycles. The van der Waals surface area contributed by atoms with Crippen molar-refractivity contribution in [2.45, 2.75) is 32.6 Å². The Bertz CT molecular complexity index is 338. The highest BCUT2D eigenvalue weighted by Gasteiger charge is 2.12. The van der Waals surface area contributed by atoms with E-state index in [0.717, 1.165) is 25.4 Å². The van der Waals surface area contributed by atoms with Gasteiger partial charge in [-0.3, -0.25) is 0 Å². The van der Waals surface area contributed by atoms with Gasteiger partial charge in [0.25, 0.3) is 0 Å². The molecule has 1 aromatic carbocycles. The molecule has 108 valence electrons. The first-order chi connectivity index (χ1) is 9.04. The Labute approximate surface area is 116 Å². The zero-order valence-electron chi connectivity index (χ0n) is 12.6. The van der Waals surface area contributed by atoms with Gasteiger partial charge >= 0.3 is 0 Å². The first-order valence-electron chi connectivity index (χ1n) is 6.84. The van der Waals surface area contributed by atoms with E-state index in [1.54, 1.807) is 7.11 Å². The van der Waals surface area contributed by atoms with Crippen molar-refractivity contribution in [1.82, 2.24) is 0 Å². The third-order valence-corrected chi connectivity index (χ3v) is 2.85. The summed E-state index contributed by atoms with van der Waals surface area (Å²) in [6.07, 6.45) is 0.927. The van der Waals surface area contributed by atoms with Gasteiger partial charge in [0.15, 0.2) is 0 Å². The average Bonchev–Trinajstić information content (AvgIpc) is 2.37. The highest BCUT2D eigenvalue weighted by Crippen LogP contribution is 2.24. The van der Waals surface area contributed by atoms with Crippen LogP contribution in [-0.4, -0.2) is 33.5 Å². The lowest BCUT2D eigenvalue weighted by Crippen LogP contribution is -2.11. The maximum atomic E-state index is 5.62. The second kappa shape index (κ2) is 8.18. The van der Waals surface area contributed by atoms with Crippen molar-refractivity contribution in [3.8, 4) is 5.75 Å². The number of ether oxygens (including phenoxy) is 3. The number of hydrogen-bond acceptors (Lipinski definition) is 3. The number of methoxy groups -OCH3 is 1. The Hall–Kier alpha value is -1.06. The zero-order valence-corrected chi connectivity index (χ0v) is 12.6. The smallest absolute Gasteiger partial charge is 0.119 e. The third-order valence-electron chi connectivity index (χ3n) is 2.85. The van der Waals surface area contributed by atoms with Gasteiger partial charge in [-0.1, -0.05) is 32.9 Å². The van der Waals surface area contributed by atoms with E-state index >= 15 is 0 Å². The van der Waals surface area contributed by atoms with Gasteiger partial charge < -0.3 is 14.2 Å². The Morgan fingerprint density at radius 2 is 1.58 bits per heavy atom. The molecule has 0 spiro atoms. The van der Waals surface area contributed by atoms with Crippen LogP contribution in [0.25, 0.3) is 0 Å². The summed E-state index contributed by atoms with van der Waals surface area (Å²) in [4.78, 5) is 0. The van der Waals surface area contributed by atoms with Crippen molar-refractivity contribution in [3.05, 3.63) is 29.8 Å². The molecular formula is C16H26O3. The minimum atomic E-state index is 0.184. The van der Waals surface area contributed by atoms with Crippen LogP contribution in [0.1, 0.15) is 32.8 Å². The predicted molar refractivity (Wildman–Crippen MR) is 77.9 cm³/mol. The van der Waals surface area contributed by atoms with Crippen LogP contribution < -0.4 is 4.74 Å². The summed E-state index contributed by atoms with van der Waals surface area (Å²) in [7, 11) is 1.70. The zero-order chi connectivity index (χ0) is 14.1. The summed E-state index contributed by atoms with van der Waals surface area (Å²) in [5.74, 6) is 0.897. The van der Waals surface area contributed by atoms with E-state index in [4.69, 9.17) is 14.2 Å². The van der Waals surface area contributed by atoms with E-state index in [0.29, 0.717) is 13.2 Å². The maximum absolute atomic E-state index is 5.62. The molecule has 3 nitrogen and oxygen atoms in total. The van der Waals surface area contributed by atoms with Crippen molar-refractivity contribution >= 4 is 0 Å². The van der Waals surface area contributed by atoms with Crippen molar-refractivity contribution in [2.24, 2.45) is 0 Å². The first kappa shape index (κ1) is 16.0. The summed E-state index contributed by atoms with van der Waals surface area (Å²) >= 11 is 0. The van der Waals surface area contributed by atoms with Gasteiger partial charge in [0.1, 0.15) is 12.4 Å². The Morgan fingerprint density at radius 3 is 2.16 bits per heavy atom. The summed E-state index contributed by atoms with van der Waals surface area (Å²) in [6, 6.07) is 8.28. The van der Waals surface area contributed by atoms with Crippen molar-refractivity contribution in [3.63, 3.8) is 0 Å². The van der Waals surface area contributed by atoms with Gasteiger partial charge in [0.2, 0.25) is 0 Å². The fraction of sp³-hybridized carbons (Fsp3) is 0.625. The van der Waals surface area contributed by atoms with Crippen molar-refractivity contribution in [2.75, 3.05) is 33.5 Å². The standard InChI is InChI=1S/C16H26O3/c1-16(2,3)14-6-8-15(9-7-14)19-13-12-18-11-5-10-17-4/h6-9H,5,10-13H2,1-4H3. The van der Waals surface area contributed by atoms with Crippen molar-refractivity contribution in [1.29, 1.82) is 0 Å². The molecule has 0 aliphatic heterocycles. The maximum Gasteiger partial charge on any atom is 0.119 e. The summed E-state index contributed by atoms with van der Waals surface area (Å²) in [5, 5.41) is 0. The van der Waals surface area contributed by atoms with Crippen LogP contribution in [0.4, 0.5) is 0 Å². The van der Waals surface area contributed by atoms with Gasteiger partial charge in [-0.15, -0.1) is 0 Å². The Kier molecular flexibility index (Phi) is 6.89.